The first-order valence-corrected chi connectivity index (χ1v) is 19.1. The molecule has 0 saturated carbocycles. The molecule has 0 bridgehead atoms. The Balaban J connectivity index is 1.42. The molecular weight excluding hydrogens is 681 g/mol. The van der Waals surface area contributed by atoms with Gasteiger partial charge in [-0.3, -0.25) is 19.2 Å². The lowest BCUT2D eigenvalue weighted by Crippen LogP contribution is -2.36. The molecule has 0 aromatic heterocycles. The van der Waals surface area contributed by atoms with Gasteiger partial charge >= 0.3 is 0 Å². The van der Waals surface area contributed by atoms with Gasteiger partial charge in [0.15, 0.2) is 0 Å². The molecule has 3 rings (SSSR count). The number of amides is 2. The second-order valence-electron chi connectivity index (χ2n) is 18.5. The van der Waals surface area contributed by atoms with Crippen molar-refractivity contribution in [2.24, 2.45) is 0 Å². The summed E-state index contributed by atoms with van der Waals surface area (Å²) in [6.45, 7) is 25.7. The number of benzene rings is 2. The number of aryl methyl sites for hydroxylation is 2. The normalized spacial score (nSPS) is 14.0. The number of carbonyl (C=O) groups excluding carboxylic acids is 4. The lowest BCUT2D eigenvalue weighted by Gasteiger charge is -2.28. The lowest BCUT2D eigenvalue weighted by molar-refractivity contribution is -0.121. The molecule has 10 heteroatoms. The molecule has 0 heterocycles. The first kappa shape index (κ1) is 43.8. The first-order chi connectivity index (χ1) is 24.8. The van der Waals surface area contributed by atoms with Crippen molar-refractivity contribution in [3.63, 3.8) is 0 Å². The Bertz CT molecular complexity index is 1590. The average molecular weight is 745 g/mol. The number of carbonyl (C=O) groups is 4. The minimum Gasteiger partial charge on any atom is -0.507 e. The molecule has 296 valence electrons. The van der Waals surface area contributed by atoms with E-state index in [1.165, 1.54) is 12.2 Å². The van der Waals surface area contributed by atoms with Crippen LogP contribution in [-0.4, -0.2) is 59.8 Å². The minimum absolute atomic E-state index is 0.136. The molecule has 0 atom stereocenters. The van der Waals surface area contributed by atoms with E-state index in [1.54, 1.807) is 0 Å². The van der Waals surface area contributed by atoms with Crippen LogP contribution in [-0.2, 0) is 53.7 Å². The summed E-state index contributed by atoms with van der Waals surface area (Å²) in [5.41, 5.74) is 4.69. The zero-order valence-corrected chi connectivity index (χ0v) is 34.6. The highest BCUT2D eigenvalue weighted by atomic mass is 16.3. The third kappa shape index (κ3) is 12.2. The van der Waals surface area contributed by atoms with Crippen LogP contribution < -0.4 is 21.3 Å². The predicted molar refractivity (Wildman–Crippen MR) is 216 cm³/mol. The maximum Gasteiger partial charge on any atom is 0.220 e. The maximum absolute atomic E-state index is 12.7. The first-order valence-electron chi connectivity index (χ1n) is 19.1. The third-order valence-electron chi connectivity index (χ3n) is 9.46. The van der Waals surface area contributed by atoms with Crippen molar-refractivity contribution in [3.05, 3.63) is 81.2 Å². The predicted octanol–water partition coefficient (Wildman–Crippen LogP) is 6.18. The van der Waals surface area contributed by atoms with Gasteiger partial charge in [0.1, 0.15) is 11.5 Å². The van der Waals surface area contributed by atoms with E-state index in [0.717, 1.165) is 33.4 Å². The van der Waals surface area contributed by atoms with Crippen LogP contribution in [0.1, 0.15) is 129 Å². The second kappa shape index (κ2) is 17.2. The number of rotatable bonds is 14. The SMILES string of the molecule is CC(C)(C)c1cc(CCC(=O)NCCNC2=CC(=O)C(NCCNC(=O)CCc3cc(C(C)(C)C)c(O)c(C(C)(C)C)c3)=CC2=O)cc(C(C)(C)C)c1O. The summed E-state index contributed by atoms with van der Waals surface area (Å²) >= 11 is 0. The monoisotopic (exact) mass is 744 g/mol. The highest BCUT2D eigenvalue weighted by Crippen LogP contribution is 2.41. The van der Waals surface area contributed by atoms with Crippen LogP contribution >= 0.6 is 0 Å². The number of allylic oxidation sites excluding steroid dienone is 2. The van der Waals surface area contributed by atoms with Crippen molar-refractivity contribution in [2.45, 2.75) is 130 Å². The van der Waals surface area contributed by atoms with Crippen molar-refractivity contribution < 1.29 is 29.4 Å². The number of ketones is 2. The van der Waals surface area contributed by atoms with Crippen LogP contribution in [0.4, 0.5) is 0 Å². The Morgan fingerprint density at radius 1 is 0.500 bits per heavy atom. The Labute approximate surface area is 322 Å². The van der Waals surface area contributed by atoms with Gasteiger partial charge in [-0.05, 0) is 67.9 Å². The zero-order valence-electron chi connectivity index (χ0n) is 34.6. The van der Waals surface area contributed by atoms with Crippen LogP contribution in [0.3, 0.4) is 0 Å². The van der Waals surface area contributed by atoms with Crippen LogP contribution in [0.5, 0.6) is 11.5 Å². The van der Waals surface area contributed by atoms with Gasteiger partial charge in [0.25, 0.3) is 0 Å². The number of phenols is 2. The highest BCUT2D eigenvalue weighted by Gasteiger charge is 2.28. The zero-order chi connectivity index (χ0) is 40.8. The van der Waals surface area contributed by atoms with Crippen molar-refractivity contribution in [2.75, 3.05) is 26.2 Å². The molecular formula is C44H64N4O6. The summed E-state index contributed by atoms with van der Waals surface area (Å²) in [5.74, 6) is -0.372. The van der Waals surface area contributed by atoms with E-state index in [9.17, 15) is 29.4 Å². The van der Waals surface area contributed by atoms with E-state index in [2.05, 4.69) is 104 Å². The van der Waals surface area contributed by atoms with E-state index in [1.807, 2.05) is 24.3 Å². The van der Waals surface area contributed by atoms with E-state index in [0.29, 0.717) is 24.3 Å². The van der Waals surface area contributed by atoms with Crippen molar-refractivity contribution in [1.82, 2.24) is 21.3 Å². The Hall–Kier alpha value is -4.60. The van der Waals surface area contributed by atoms with Gasteiger partial charge in [-0.1, -0.05) is 107 Å². The summed E-state index contributed by atoms with van der Waals surface area (Å²) in [4.78, 5) is 50.7. The van der Waals surface area contributed by atoms with Gasteiger partial charge in [0, 0.05) is 51.2 Å². The molecule has 0 fully saturated rings. The highest BCUT2D eigenvalue weighted by molar-refractivity contribution is 6.19. The molecule has 0 spiro atoms. The molecule has 0 saturated heterocycles. The van der Waals surface area contributed by atoms with Gasteiger partial charge in [-0.25, -0.2) is 0 Å². The van der Waals surface area contributed by atoms with Gasteiger partial charge in [-0.2, -0.15) is 0 Å². The van der Waals surface area contributed by atoms with E-state index in [-0.39, 0.29) is 95.5 Å². The van der Waals surface area contributed by atoms with Gasteiger partial charge in [0.2, 0.25) is 23.4 Å². The summed E-state index contributed by atoms with van der Waals surface area (Å²) in [7, 11) is 0. The van der Waals surface area contributed by atoms with Crippen LogP contribution in [0.2, 0.25) is 0 Å². The average Bonchev–Trinajstić information content (AvgIpc) is 3.03. The summed E-state index contributed by atoms with van der Waals surface area (Å²) in [6.07, 6.45) is 4.06. The van der Waals surface area contributed by atoms with Gasteiger partial charge in [0.05, 0.1) is 11.4 Å². The van der Waals surface area contributed by atoms with E-state index >= 15 is 0 Å². The maximum atomic E-state index is 12.7. The van der Waals surface area contributed by atoms with Crippen molar-refractivity contribution in [1.29, 1.82) is 0 Å². The number of hydrogen-bond acceptors (Lipinski definition) is 8. The molecule has 0 radical (unpaired) electrons. The molecule has 2 aromatic rings. The van der Waals surface area contributed by atoms with E-state index in [4.69, 9.17) is 0 Å². The topological polar surface area (TPSA) is 157 Å². The lowest BCUT2D eigenvalue weighted by atomic mass is 9.78. The quantitative estimate of drug-likeness (QED) is 0.0989. The van der Waals surface area contributed by atoms with Gasteiger partial charge in [-0.15, -0.1) is 0 Å². The number of hydrogen-bond donors (Lipinski definition) is 6. The molecule has 6 N–H and O–H groups in total. The number of nitrogens with one attached hydrogen (secondary N) is 4. The van der Waals surface area contributed by atoms with Crippen LogP contribution in [0.25, 0.3) is 0 Å². The Morgan fingerprint density at radius 2 is 0.778 bits per heavy atom. The molecule has 2 aromatic carbocycles. The smallest absolute Gasteiger partial charge is 0.220 e. The second-order valence-corrected chi connectivity index (χ2v) is 18.5. The molecule has 54 heavy (non-hydrogen) atoms. The fraction of sp³-hybridized carbons (Fsp3) is 0.545. The van der Waals surface area contributed by atoms with E-state index < -0.39 is 0 Å². The van der Waals surface area contributed by atoms with Crippen LogP contribution in [0.15, 0.2) is 47.8 Å². The summed E-state index contributed by atoms with van der Waals surface area (Å²) < 4.78 is 0. The summed E-state index contributed by atoms with van der Waals surface area (Å²) in [6, 6.07) is 7.93. The molecule has 0 unspecified atom stereocenters. The summed E-state index contributed by atoms with van der Waals surface area (Å²) in [5, 5.41) is 33.5. The standard InChI is InChI=1S/C44H64N4O6/c1-41(2,3)29-21-27(22-30(39(29)53)42(4,5)6)13-15-37(51)47-19-17-45-33-25-36(50)34(26-35(33)49)46-18-20-48-38(52)16-14-28-23-31(43(7,8)9)40(54)32(24-28)44(10,11)12/h21-26,45-46,53-54H,13-20H2,1-12H3,(H,47,51)(H,48,52). The van der Waals surface area contributed by atoms with Crippen LogP contribution in [0, 0.1) is 0 Å². The largest absolute Gasteiger partial charge is 0.507 e. The number of phenolic OH excluding ortho intramolecular Hbond substituents is 2. The Morgan fingerprint density at radius 3 is 1.04 bits per heavy atom. The molecule has 1 aliphatic rings. The number of aromatic hydroxyl groups is 2. The fourth-order valence-corrected chi connectivity index (χ4v) is 6.29. The Kier molecular flexibility index (Phi) is 14.0. The fourth-order valence-electron chi connectivity index (χ4n) is 6.29. The van der Waals surface area contributed by atoms with Crippen molar-refractivity contribution in [3.8, 4) is 11.5 Å². The molecule has 2 amide bonds. The minimum atomic E-state index is -0.359. The molecule has 1 aliphatic carbocycles. The van der Waals surface area contributed by atoms with Crippen molar-refractivity contribution >= 4 is 23.4 Å². The molecule has 10 nitrogen and oxygen atoms in total. The third-order valence-corrected chi connectivity index (χ3v) is 9.46. The molecule has 0 aliphatic heterocycles. The van der Waals surface area contributed by atoms with Gasteiger partial charge < -0.3 is 31.5 Å².